The molecule has 2 aliphatic heterocycles. The summed E-state index contributed by atoms with van der Waals surface area (Å²) in [5.41, 5.74) is 0. The normalized spacial score (nSPS) is 19.7. The van der Waals surface area contributed by atoms with Crippen molar-refractivity contribution in [3.8, 4) is 0 Å². The Labute approximate surface area is 153 Å². The van der Waals surface area contributed by atoms with Gasteiger partial charge in [0.25, 0.3) is 0 Å². The van der Waals surface area contributed by atoms with Crippen molar-refractivity contribution in [2.75, 3.05) is 63.1 Å². The quantitative estimate of drug-likeness (QED) is 0.632. The number of hydrogen-bond acceptors (Lipinski definition) is 8. The molecule has 26 heavy (non-hydrogen) atoms. The lowest BCUT2D eigenvalue weighted by Crippen LogP contribution is -2.49. The molecule has 1 amide bonds. The molecule has 0 saturated carbocycles. The number of sulfonamides is 1. The van der Waals surface area contributed by atoms with Gasteiger partial charge in [-0.25, -0.2) is 8.42 Å². The van der Waals surface area contributed by atoms with Crippen molar-refractivity contribution in [1.29, 1.82) is 0 Å². The summed E-state index contributed by atoms with van der Waals surface area (Å²) in [6, 6.07) is 0.476. The smallest absolute Gasteiger partial charge is 0.318 e. The molecule has 0 spiro atoms. The summed E-state index contributed by atoms with van der Waals surface area (Å²) < 4.78 is 36.7. The maximum absolute atomic E-state index is 12.4. The van der Waals surface area contributed by atoms with Gasteiger partial charge < -0.3 is 19.0 Å². The van der Waals surface area contributed by atoms with E-state index >= 15 is 0 Å². The lowest BCUT2D eigenvalue weighted by molar-refractivity contribution is -0.131. The Kier molecular flexibility index (Phi) is 6.09. The number of nitrogens with zero attached hydrogens (tertiary/aromatic N) is 5. The first-order chi connectivity index (χ1) is 12.5. The highest BCUT2D eigenvalue weighted by molar-refractivity contribution is 7.89. The van der Waals surface area contributed by atoms with Gasteiger partial charge in [0, 0.05) is 52.1 Å². The number of ether oxygens (including phenoxy) is 1. The maximum atomic E-state index is 12.4. The largest absolute Gasteiger partial charge is 0.408 e. The fourth-order valence-corrected chi connectivity index (χ4v) is 4.39. The predicted octanol–water partition coefficient (Wildman–Crippen LogP) is -0.667. The molecule has 0 N–H and O–H groups in total. The Hall–Kier alpha value is -1.72. The van der Waals surface area contributed by atoms with Crippen LogP contribution in [0.2, 0.25) is 0 Å². The number of aryl methyl sites for hydroxylation is 1. The standard InChI is InChI=1S/C15H25N5O5S/c1-2-13-16-17-15(25-13)19-6-4-18(5-7-19)14(21)3-12-26(22,23)20-8-10-24-11-9-20/h2-12H2,1H3. The predicted molar refractivity (Wildman–Crippen MR) is 93.3 cm³/mol. The number of piperazine rings is 1. The third-order valence-corrected chi connectivity index (χ3v) is 6.47. The van der Waals surface area contributed by atoms with Gasteiger partial charge in [-0.15, -0.1) is 5.10 Å². The van der Waals surface area contributed by atoms with Crippen LogP contribution in [0.5, 0.6) is 0 Å². The topological polar surface area (TPSA) is 109 Å². The highest BCUT2D eigenvalue weighted by atomic mass is 32.2. The van der Waals surface area contributed by atoms with Crippen LogP contribution in [0.3, 0.4) is 0 Å². The minimum Gasteiger partial charge on any atom is -0.408 e. The van der Waals surface area contributed by atoms with Crippen LogP contribution >= 0.6 is 0 Å². The van der Waals surface area contributed by atoms with E-state index in [-0.39, 0.29) is 18.1 Å². The number of carbonyl (C=O) groups excluding carboxylic acids is 1. The number of rotatable bonds is 6. The van der Waals surface area contributed by atoms with E-state index < -0.39 is 10.0 Å². The SMILES string of the molecule is CCc1nnc(N2CCN(C(=O)CCS(=O)(=O)N3CCOCC3)CC2)o1. The molecule has 10 nitrogen and oxygen atoms in total. The molecule has 0 aliphatic carbocycles. The molecule has 2 fully saturated rings. The molecule has 11 heteroatoms. The minimum absolute atomic E-state index is 0.000229. The molecule has 1 aromatic rings. The summed E-state index contributed by atoms with van der Waals surface area (Å²) in [5.74, 6) is 0.295. The van der Waals surface area contributed by atoms with Crippen molar-refractivity contribution in [1.82, 2.24) is 19.4 Å². The number of anilines is 1. The summed E-state index contributed by atoms with van der Waals surface area (Å²) in [4.78, 5) is 16.0. The molecule has 0 atom stereocenters. The fraction of sp³-hybridized carbons (Fsp3) is 0.800. The van der Waals surface area contributed by atoms with Gasteiger partial charge in [0.05, 0.1) is 19.0 Å². The summed E-state index contributed by atoms with van der Waals surface area (Å²) in [5, 5.41) is 7.96. The second-order valence-corrected chi connectivity index (χ2v) is 8.37. The second kappa shape index (κ2) is 8.31. The Morgan fingerprint density at radius 2 is 1.77 bits per heavy atom. The van der Waals surface area contributed by atoms with Crippen molar-refractivity contribution in [3.63, 3.8) is 0 Å². The van der Waals surface area contributed by atoms with Crippen LogP contribution in [0.1, 0.15) is 19.2 Å². The Morgan fingerprint density at radius 3 is 2.38 bits per heavy atom. The van der Waals surface area contributed by atoms with Gasteiger partial charge in [0.15, 0.2) is 0 Å². The van der Waals surface area contributed by atoms with Gasteiger partial charge in [-0.3, -0.25) is 4.79 Å². The van der Waals surface area contributed by atoms with Crippen LogP contribution in [-0.4, -0.2) is 92.0 Å². The van der Waals surface area contributed by atoms with Gasteiger partial charge in [-0.05, 0) is 0 Å². The Morgan fingerprint density at radius 1 is 1.08 bits per heavy atom. The van der Waals surface area contributed by atoms with Gasteiger partial charge >= 0.3 is 6.01 Å². The van der Waals surface area contributed by atoms with E-state index in [1.165, 1.54) is 4.31 Å². The first-order valence-electron chi connectivity index (χ1n) is 8.90. The van der Waals surface area contributed by atoms with E-state index in [4.69, 9.17) is 9.15 Å². The van der Waals surface area contributed by atoms with E-state index in [2.05, 4.69) is 10.2 Å². The molecule has 3 rings (SSSR count). The number of morpholine rings is 1. The first-order valence-corrected chi connectivity index (χ1v) is 10.5. The average molecular weight is 387 g/mol. The zero-order valence-electron chi connectivity index (χ0n) is 15.0. The van der Waals surface area contributed by atoms with E-state index in [0.29, 0.717) is 70.8 Å². The molecule has 146 valence electrons. The molecule has 0 radical (unpaired) electrons. The van der Waals surface area contributed by atoms with E-state index in [1.807, 2.05) is 11.8 Å². The van der Waals surface area contributed by atoms with Crippen LogP contribution in [0.15, 0.2) is 4.42 Å². The van der Waals surface area contributed by atoms with Gasteiger partial charge in [0.1, 0.15) is 0 Å². The summed E-state index contributed by atoms with van der Waals surface area (Å²) in [7, 11) is -3.41. The molecule has 0 unspecified atom stereocenters. The monoisotopic (exact) mass is 387 g/mol. The van der Waals surface area contributed by atoms with Crippen LogP contribution < -0.4 is 4.90 Å². The molecule has 0 aromatic carbocycles. The zero-order chi connectivity index (χ0) is 18.6. The Balaban J connectivity index is 1.46. The van der Waals surface area contributed by atoms with Crippen LogP contribution in [0.4, 0.5) is 6.01 Å². The van der Waals surface area contributed by atoms with Crippen molar-refractivity contribution in [3.05, 3.63) is 5.89 Å². The summed E-state index contributed by atoms with van der Waals surface area (Å²) in [6.45, 7) is 5.69. The number of hydrogen-bond donors (Lipinski definition) is 0. The Bertz CT molecular complexity index is 708. The summed E-state index contributed by atoms with van der Waals surface area (Å²) in [6.07, 6.45) is 0.684. The number of carbonyl (C=O) groups is 1. The van der Waals surface area contributed by atoms with Crippen LogP contribution in [0, 0.1) is 0 Å². The molecule has 2 saturated heterocycles. The van der Waals surface area contributed by atoms with Crippen LogP contribution in [0.25, 0.3) is 0 Å². The van der Waals surface area contributed by atoms with Crippen molar-refractivity contribution < 1.29 is 22.4 Å². The van der Waals surface area contributed by atoms with Crippen LogP contribution in [-0.2, 0) is 26.0 Å². The molecule has 3 heterocycles. The lowest BCUT2D eigenvalue weighted by Gasteiger charge is -2.34. The van der Waals surface area contributed by atoms with E-state index in [9.17, 15) is 13.2 Å². The number of aromatic nitrogens is 2. The molecule has 1 aromatic heterocycles. The third kappa shape index (κ3) is 4.51. The molecule has 0 bridgehead atoms. The third-order valence-electron chi connectivity index (χ3n) is 4.60. The average Bonchev–Trinajstić information content (AvgIpc) is 3.16. The van der Waals surface area contributed by atoms with Crippen molar-refractivity contribution in [2.24, 2.45) is 0 Å². The summed E-state index contributed by atoms with van der Waals surface area (Å²) >= 11 is 0. The highest BCUT2D eigenvalue weighted by Crippen LogP contribution is 2.16. The van der Waals surface area contributed by atoms with Gasteiger partial charge in [-0.2, -0.15) is 4.31 Å². The maximum Gasteiger partial charge on any atom is 0.318 e. The first kappa shape index (κ1) is 19.1. The van der Waals surface area contributed by atoms with Crippen molar-refractivity contribution >= 4 is 21.9 Å². The molecular formula is C15H25N5O5S. The minimum atomic E-state index is -3.41. The fourth-order valence-electron chi connectivity index (χ4n) is 2.99. The highest BCUT2D eigenvalue weighted by Gasteiger charge is 2.28. The number of amides is 1. The van der Waals surface area contributed by atoms with E-state index in [0.717, 1.165) is 0 Å². The van der Waals surface area contributed by atoms with Gasteiger partial charge in [-0.1, -0.05) is 12.0 Å². The molecule has 2 aliphatic rings. The van der Waals surface area contributed by atoms with Gasteiger partial charge in [0.2, 0.25) is 21.8 Å². The second-order valence-electron chi connectivity index (χ2n) is 6.28. The lowest BCUT2D eigenvalue weighted by atomic mass is 10.3. The van der Waals surface area contributed by atoms with Crippen molar-refractivity contribution in [2.45, 2.75) is 19.8 Å². The van der Waals surface area contributed by atoms with E-state index in [1.54, 1.807) is 4.90 Å². The molecular weight excluding hydrogens is 362 g/mol. The zero-order valence-corrected chi connectivity index (χ0v) is 15.8.